The fourth-order valence-corrected chi connectivity index (χ4v) is 1.73. The SMILES string of the molecule is CCC(=O)[C@H]1CC[C@@H](N)CC1. The predicted octanol–water partition coefficient (Wildman–Crippen LogP) is 1.48. The highest BCUT2D eigenvalue weighted by Gasteiger charge is 2.22. The Labute approximate surface area is 68.2 Å². The maximum atomic E-state index is 11.2. The van der Waals surface area contributed by atoms with Crippen LogP contribution in [-0.2, 0) is 4.79 Å². The molecule has 1 rings (SSSR count). The summed E-state index contributed by atoms with van der Waals surface area (Å²) in [4.78, 5) is 11.2. The van der Waals surface area contributed by atoms with Gasteiger partial charge in [0.2, 0.25) is 0 Å². The molecule has 1 fully saturated rings. The van der Waals surface area contributed by atoms with Crippen molar-refractivity contribution in [2.24, 2.45) is 11.7 Å². The van der Waals surface area contributed by atoms with E-state index in [9.17, 15) is 4.79 Å². The van der Waals surface area contributed by atoms with E-state index < -0.39 is 0 Å². The van der Waals surface area contributed by atoms with Gasteiger partial charge < -0.3 is 5.73 Å². The highest BCUT2D eigenvalue weighted by molar-refractivity contribution is 5.80. The third kappa shape index (κ3) is 2.29. The molecule has 0 radical (unpaired) electrons. The van der Waals surface area contributed by atoms with Crippen LogP contribution in [0.4, 0.5) is 0 Å². The molecule has 2 heteroatoms. The smallest absolute Gasteiger partial charge is 0.135 e. The lowest BCUT2D eigenvalue weighted by Gasteiger charge is -2.24. The third-order valence-corrected chi connectivity index (χ3v) is 2.58. The molecule has 0 atom stereocenters. The van der Waals surface area contributed by atoms with Crippen LogP contribution in [-0.4, -0.2) is 11.8 Å². The van der Waals surface area contributed by atoms with Crippen molar-refractivity contribution in [1.29, 1.82) is 0 Å². The van der Waals surface area contributed by atoms with E-state index in [1.807, 2.05) is 6.92 Å². The van der Waals surface area contributed by atoms with Gasteiger partial charge in [0.25, 0.3) is 0 Å². The first-order chi connectivity index (χ1) is 5.24. The lowest BCUT2D eigenvalue weighted by Crippen LogP contribution is -2.29. The maximum Gasteiger partial charge on any atom is 0.135 e. The zero-order valence-electron chi connectivity index (χ0n) is 7.18. The Hall–Kier alpha value is -0.370. The van der Waals surface area contributed by atoms with E-state index in [0.717, 1.165) is 25.7 Å². The highest BCUT2D eigenvalue weighted by atomic mass is 16.1. The summed E-state index contributed by atoms with van der Waals surface area (Å²) >= 11 is 0. The Bertz CT molecular complexity index is 136. The number of hydrogen-bond acceptors (Lipinski definition) is 2. The zero-order chi connectivity index (χ0) is 8.27. The summed E-state index contributed by atoms with van der Waals surface area (Å²) < 4.78 is 0. The molecule has 1 saturated carbocycles. The van der Waals surface area contributed by atoms with Gasteiger partial charge in [-0.25, -0.2) is 0 Å². The Morgan fingerprint density at radius 2 is 1.91 bits per heavy atom. The summed E-state index contributed by atoms with van der Waals surface area (Å²) in [6, 6.07) is 0.357. The van der Waals surface area contributed by atoms with Crippen LogP contribution >= 0.6 is 0 Å². The summed E-state index contributed by atoms with van der Waals surface area (Å²) in [5, 5.41) is 0. The minimum atomic E-state index is 0.333. The zero-order valence-corrected chi connectivity index (χ0v) is 7.18. The molecule has 11 heavy (non-hydrogen) atoms. The number of rotatable bonds is 2. The van der Waals surface area contributed by atoms with Crippen molar-refractivity contribution in [3.8, 4) is 0 Å². The Morgan fingerprint density at radius 1 is 1.36 bits per heavy atom. The Morgan fingerprint density at radius 3 is 2.36 bits per heavy atom. The molecular weight excluding hydrogens is 138 g/mol. The van der Waals surface area contributed by atoms with Crippen LogP contribution in [0, 0.1) is 5.92 Å². The molecule has 0 amide bonds. The van der Waals surface area contributed by atoms with Crippen molar-refractivity contribution in [2.45, 2.75) is 45.1 Å². The summed E-state index contributed by atoms with van der Waals surface area (Å²) in [6.45, 7) is 1.94. The lowest BCUT2D eigenvalue weighted by molar-refractivity contribution is -0.123. The van der Waals surface area contributed by atoms with Gasteiger partial charge in [0.1, 0.15) is 5.78 Å². The summed E-state index contributed by atoms with van der Waals surface area (Å²) in [7, 11) is 0. The van der Waals surface area contributed by atoms with Crippen LogP contribution in [0.2, 0.25) is 0 Å². The van der Waals surface area contributed by atoms with E-state index in [1.54, 1.807) is 0 Å². The van der Waals surface area contributed by atoms with Gasteiger partial charge in [0, 0.05) is 18.4 Å². The minimum absolute atomic E-state index is 0.333. The first kappa shape index (κ1) is 8.72. The molecule has 0 aromatic carbocycles. The van der Waals surface area contributed by atoms with Gasteiger partial charge in [0.05, 0.1) is 0 Å². The molecule has 0 heterocycles. The molecule has 0 aromatic rings. The van der Waals surface area contributed by atoms with Crippen molar-refractivity contribution >= 4 is 5.78 Å². The third-order valence-electron chi connectivity index (χ3n) is 2.58. The number of Topliss-reactive ketones (excluding diaryl/α,β-unsaturated/α-hetero) is 1. The number of carbonyl (C=O) groups excluding carboxylic acids is 1. The Balaban J connectivity index is 2.33. The van der Waals surface area contributed by atoms with E-state index >= 15 is 0 Å². The molecule has 0 aliphatic heterocycles. The molecule has 1 aliphatic rings. The van der Waals surface area contributed by atoms with Gasteiger partial charge in [-0.15, -0.1) is 0 Å². The fraction of sp³-hybridized carbons (Fsp3) is 0.889. The average Bonchev–Trinajstić information content (AvgIpc) is 2.05. The average molecular weight is 155 g/mol. The number of ketones is 1. The summed E-state index contributed by atoms with van der Waals surface area (Å²) in [5.41, 5.74) is 5.73. The summed E-state index contributed by atoms with van der Waals surface area (Å²) in [5.74, 6) is 0.761. The normalized spacial score (nSPS) is 31.8. The van der Waals surface area contributed by atoms with Crippen LogP contribution in [0.3, 0.4) is 0 Å². The van der Waals surface area contributed by atoms with Gasteiger partial charge in [-0.2, -0.15) is 0 Å². The van der Waals surface area contributed by atoms with Gasteiger partial charge in [-0.05, 0) is 25.7 Å². The van der Waals surface area contributed by atoms with Crippen LogP contribution in [0.25, 0.3) is 0 Å². The topological polar surface area (TPSA) is 43.1 Å². The molecule has 1 aliphatic carbocycles. The standard InChI is InChI=1S/C9H17NO/c1-2-9(11)7-3-5-8(10)6-4-7/h7-8H,2-6,10H2,1H3/t7-,8+. The molecule has 2 nitrogen and oxygen atoms in total. The second kappa shape index (κ2) is 3.86. The molecule has 0 unspecified atom stereocenters. The second-order valence-corrected chi connectivity index (χ2v) is 3.43. The monoisotopic (exact) mass is 155 g/mol. The van der Waals surface area contributed by atoms with E-state index in [4.69, 9.17) is 5.73 Å². The quantitative estimate of drug-likeness (QED) is 0.656. The molecule has 64 valence electrons. The molecule has 2 N–H and O–H groups in total. The van der Waals surface area contributed by atoms with Crippen LogP contribution in [0.1, 0.15) is 39.0 Å². The number of nitrogens with two attached hydrogens (primary N) is 1. The van der Waals surface area contributed by atoms with E-state index in [2.05, 4.69) is 0 Å². The molecule has 0 saturated heterocycles. The van der Waals surface area contributed by atoms with E-state index in [1.165, 1.54) is 0 Å². The molecule has 0 spiro atoms. The Kier molecular flexibility index (Phi) is 3.06. The summed E-state index contributed by atoms with van der Waals surface area (Å²) in [6.07, 6.45) is 4.81. The first-order valence-electron chi connectivity index (χ1n) is 4.52. The van der Waals surface area contributed by atoms with Crippen molar-refractivity contribution in [2.75, 3.05) is 0 Å². The largest absolute Gasteiger partial charge is 0.328 e. The van der Waals surface area contributed by atoms with Crippen molar-refractivity contribution < 1.29 is 4.79 Å². The minimum Gasteiger partial charge on any atom is -0.328 e. The molecule has 0 bridgehead atoms. The van der Waals surface area contributed by atoms with Crippen LogP contribution in [0.15, 0.2) is 0 Å². The molecule has 0 aromatic heterocycles. The predicted molar refractivity (Wildman–Crippen MR) is 45.2 cm³/mol. The van der Waals surface area contributed by atoms with Crippen molar-refractivity contribution in [3.05, 3.63) is 0 Å². The van der Waals surface area contributed by atoms with Gasteiger partial charge >= 0.3 is 0 Å². The lowest BCUT2D eigenvalue weighted by atomic mass is 9.83. The number of hydrogen-bond donors (Lipinski definition) is 1. The van der Waals surface area contributed by atoms with Gasteiger partial charge in [-0.3, -0.25) is 4.79 Å². The van der Waals surface area contributed by atoms with Crippen molar-refractivity contribution in [1.82, 2.24) is 0 Å². The second-order valence-electron chi connectivity index (χ2n) is 3.43. The fourth-order valence-electron chi connectivity index (χ4n) is 1.73. The van der Waals surface area contributed by atoms with Crippen LogP contribution < -0.4 is 5.73 Å². The van der Waals surface area contributed by atoms with Crippen LogP contribution in [0.5, 0.6) is 0 Å². The molecular formula is C9H17NO. The van der Waals surface area contributed by atoms with E-state index in [-0.39, 0.29) is 0 Å². The van der Waals surface area contributed by atoms with E-state index in [0.29, 0.717) is 24.2 Å². The maximum absolute atomic E-state index is 11.2. The van der Waals surface area contributed by atoms with Crippen molar-refractivity contribution in [3.63, 3.8) is 0 Å². The highest BCUT2D eigenvalue weighted by Crippen LogP contribution is 2.24. The first-order valence-corrected chi connectivity index (χ1v) is 4.52. The van der Waals surface area contributed by atoms with Gasteiger partial charge in [0.15, 0.2) is 0 Å². The van der Waals surface area contributed by atoms with Gasteiger partial charge in [-0.1, -0.05) is 6.92 Å². The number of carbonyl (C=O) groups is 1.